The zero-order valence-corrected chi connectivity index (χ0v) is 14.0. The number of halogens is 1. The summed E-state index contributed by atoms with van der Waals surface area (Å²) in [6, 6.07) is 7.74. The molecule has 0 bridgehead atoms. The largest absolute Gasteiger partial charge is 0.462 e. The number of nitrogens with one attached hydrogen (secondary N) is 1. The van der Waals surface area contributed by atoms with E-state index in [-0.39, 0.29) is 5.97 Å². The number of ether oxygens (including phenoxy) is 1. The summed E-state index contributed by atoms with van der Waals surface area (Å²) in [5, 5.41) is 4.68. The maximum Gasteiger partial charge on any atom is 0.350 e. The Hall–Kier alpha value is -1.73. The number of carbonyl (C=O) groups is 1. The second-order valence-electron chi connectivity index (χ2n) is 4.05. The van der Waals surface area contributed by atoms with E-state index in [0.29, 0.717) is 22.3 Å². The van der Waals surface area contributed by atoms with E-state index in [1.54, 1.807) is 20.1 Å². The number of anilines is 1. The molecular formula is C14H14BrN3O2S. The van der Waals surface area contributed by atoms with Crippen LogP contribution in [0.4, 0.5) is 5.13 Å². The summed E-state index contributed by atoms with van der Waals surface area (Å²) in [4.78, 5) is 16.4. The summed E-state index contributed by atoms with van der Waals surface area (Å²) in [6.07, 6.45) is 1.69. The zero-order chi connectivity index (χ0) is 15.2. The average Bonchev–Trinajstić information content (AvgIpc) is 2.82. The number of thiazole rings is 1. The number of esters is 1. The van der Waals surface area contributed by atoms with Gasteiger partial charge in [-0.25, -0.2) is 9.78 Å². The van der Waals surface area contributed by atoms with Crippen molar-refractivity contribution in [1.82, 2.24) is 4.98 Å². The molecule has 21 heavy (non-hydrogen) atoms. The summed E-state index contributed by atoms with van der Waals surface area (Å²) >= 11 is 4.67. The Bertz CT molecular complexity index is 670. The molecule has 1 aromatic carbocycles. The van der Waals surface area contributed by atoms with E-state index in [9.17, 15) is 4.79 Å². The predicted molar refractivity (Wildman–Crippen MR) is 88.2 cm³/mol. The van der Waals surface area contributed by atoms with E-state index < -0.39 is 0 Å². The summed E-state index contributed by atoms with van der Waals surface area (Å²) in [7, 11) is 0. The third-order valence-electron chi connectivity index (χ3n) is 2.53. The number of benzene rings is 1. The van der Waals surface area contributed by atoms with Crippen molar-refractivity contribution in [3.63, 3.8) is 0 Å². The summed E-state index contributed by atoms with van der Waals surface area (Å²) < 4.78 is 5.93. The lowest BCUT2D eigenvalue weighted by molar-refractivity contribution is 0.0531. The standard InChI is InChI=1S/C14H14BrN3O2S/c1-3-20-13(19)12-9(2)17-14(21-12)18-16-8-10-6-4-5-7-11(10)15/h4-8H,3H2,1-2H3,(H,17,18)/b16-8+. The van der Waals surface area contributed by atoms with Crippen LogP contribution < -0.4 is 5.43 Å². The summed E-state index contributed by atoms with van der Waals surface area (Å²) in [5.41, 5.74) is 4.41. The van der Waals surface area contributed by atoms with E-state index in [4.69, 9.17) is 4.74 Å². The van der Waals surface area contributed by atoms with Crippen molar-refractivity contribution in [3.8, 4) is 0 Å². The molecule has 0 saturated heterocycles. The van der Waals surface area contributed by atoms with Gasteiger partial charge in [0.2, 0.25) is 5.13 Å². The van der Waals surface area contributed by atoms with Crippen molar-refractivity contribution >= 4 is 44.6 Å². The molecule has 1 heterocycles. The monoisotopic (exact) mass is 367 g/mol. The van der Waals surface area contributed by atoms with E-state index in [1.165, 1.54) is 11.3 Å². The van der Waals surface area contributed by atoms with Crippen LogP contribution in [-0.2, 0) is 4.74 Å². The van der Waals surface area contributed by atoms with Gasteiger partial charge >= 0.3 is 5.97 Å². The van der Waals surface area contributed by atoms with Crippen molar-refractivity contribution in [1.29, 1.82) is 0 Å². The third-order valence-corrected chi connectivity index (χ3v) is 4.29. The third kappa shape index (κ3) is 4.12. The second-order valence-corrected chi connectivity index (χ2v) is 5.90. The highest BCUT2D eigenvalue weighted by atomic mass is 79.9. The SMILES string of the molecule is CCOC(=O)c1sc(N/N=C/c2ccccc2Br)nc1C. The second kappa shape index (κ2) is 7.33. The van der Waals surface area contributed by atoms with Crippen LogP contribution in [0.3, 0.4) is 0 Å². The molecule has 0 atom stereocenters. The Labute approximate surface area is 135 Å². The fourth-order valence-corrected chi connectivity index (χ4v) is 2.76. The van der Waals surface area contributed by atoms with Crippen molar-refractivity contribution < 1.29 is 9.53 Å². The molecule has 0 fully saturated rings. The molecule has 2 aromatic rings. The summed E-state index contributed by atoms with van der Waals surface area (Å²) in [6.45, 7) is 3.89. The minimum absolute atomic E-state index is 0.346. The summed E-state index contributed by atoms with van der Waals surface area (Å²) in [5.74, 6) is -0.352. The van der Waals surface area contributed by atoms with Crippen molar-refractivity contribution in [2.24, 2.45) is 5.10 Å². The van der Waals surface area contributed by atoms with Crippen LogP contribution in [0.1, 0.15) is 27.9 Å². The number of rotatable bonds is 5. The number of hydrogen-bond donors (Lipinski definition) is 1. The first-order chi connectivity index (χ1) is 10.1. The number of hydrogen-bond acceptors (Lipinski definition) is 6. The van der Waals surface area contributed by atoms with Gasteiger partial charge in [-0.15, -0.1) is 0 Å². The van der Waals surface area contributed by atoms with Crippen LogP contribution in [0.2, 0.25) is 0 Å². The fraction of sp³-hybridized carbons (Fsp3) is 0.214. The predicted octanol–water partition coefficient (Wildman–Crippen LogP) is 3.84. The van der Waals surface area contributed by atoms with Crippen molar-refractivity contribution in [2.45, 2.75) is 13.8 Å². The van der Waals surface area contributed by atoms with Crippen LogP contribution in [0, 0.1) is 6.92 Å². The van der Waals surface area contributed by atoms with Gasteiger partial charge < -0.3 is 4.74 Å². The molecule has 0 radical (unpaired) electrons. The highest BCUT2D eigenvalue weighted by molar-refractivity contribution is 9.10. The van der Waals surface area contributed by atoms with Crippen LogP contribution in [0.15, 0.2) is 33.8 Å². The molecule has 110 valence electrons. The van der Waals surface area contributed by atoms with Crippen molar-refractivity contribution in [3.05, 3.63) is 44.9 Å². The zero-order valence-electron chi connectivity index (χ0n) is 11.6. The lowest BCUT2D eigenvalue weighted by atomic mass is 10.2. The number of aromatic nitrogens is 1. The van der Waals surface area contributed by atoms with E-state index >= 15 is 0 Å². The molecule has 0 aliphatic carbocycles. The number of nitrogens with zero attached hydrogens (tertiary/aromatic N) is 2. The van der Waals surface area contributed by atoms with Gasteiger partial charge in [-0.05, 0) is 19.9 Å². The van der Waals surface area contributed by atoms with Crippen LogP contribution >= 0.6 is 27.3 Å². The smallest absolute Gasteiger partial charge is 0.350 e. The molecule has 0 amide bonds. The average molecular weight is 368 g/mol. The Morgan fingerprint density at radius 1 is 1.52 bits per heavy atom. The van der Waals surface area contributed by atoms with Gasteiger partial charge in [-0.3, -0.25) is 5.43 Å². The molecule has 0 saturated carbocycles. The van der Waals surface area contributed by atoms with Gasteiger partial charge in [0.05, 0.1) is 18.5 Å². The molecule has 2 rings (SSSR count). The topological polar surface area (TPSA) is 63.6 Å². The van der Waals surface area contributed by atoms with Gasteiger partial charge in [-0.2, -0.15) is 5.10 Å². The van der Waals surface area contributed by atoms with Crippen LogP contribution in [-0.4, -0.2) is 23.8 Å². The first kappa shape index (κ1) is 15.7. The first-order valence-corrected chi connectivity index (χ1v) is 7.91. The van der Waals surface area contributed by atoms with Gasteiger partial charge in [0.15, 0.2) is 0 Å². The van der Waals surface area contributed by atoms with E-state index in [2.05, 4.69) is 31.4 Å². The number of carbonyl (C=O) groups excluding carboxylic acids is 1. The quantitative estimate of drug-likeness (QED) is 0.495. The van der Waals surface area contributed by atoms with Gasteiger partial charge in [0.1, 0.15) is 4.88 Å². The van der Waals surface area contributed by atoms with Gasteiger partial charge in [0, 0.05) is 10.0 Å². The normalized spacial score (nSPS) is 10.8. The highest BCUT2D eigenvalue weighted by Gasteiger charge is 2.15. The Balaban J connectivity index is 2.06. The molecule has 7 heteroatoms. The molecule has 0 aliphatic heterocycles. The van der Waals surface area contributed by atoms with Crippen LogP contribution in [0.25, 0.3) is 0 Å². The highest BCUT2D eigenvalue weighted by Crippen LogP contribution is 2.23. The molecule has 0 spiro atoms. The Morgan fingerprint density at radius 2 is 2.29 bits per heavy atom. The van der Waals surface area contributed by atoms with E-state index in [0.717, 1.165) is 10.0 Å². The molecule has 0 aliphatic rings. The molecule has 1 N–H and O–H groups in total. The van der Waals surface area contributed by atoms with Crippen LogP contribution in [0.5, 0.6) is 0 Å². The van der Waals surface area contributed by atoms with Gasteiger partial charge in [0.25, 0.3) is 0 Å². The molecule has 0 unspecified atom stereocenters. The first-order valence-electron chi connectivity index (χ1n) is 6.30. The van der Waals surface area contributed by atoms with Gasteiger partial charge in [-0.1, -0.05) is 45.5 Å². The Morgan fingerprint density at radius 3 is 3.00 bits per heavy atom. The number of hydrazone groups is 1. The molecule has 1 aromatic heterocycles. The fourth-order valence-electron chi connectivity index (χ4n) is 1.57. The lowest BCUT2D eigenvalue weighted by Crippen LogP contribution is -2.03. The maximum atomic E-state index is 11.7. The molecule has 5 nitrogen and oxygen atoms in total. The maximum absolute atomic E-state index is 11.7. The van der Waals surface area contributed by atoms with Crippen molar-refractivity contribution in [2.75, 3.05) is 12.0 Å². The Kier molecular flexibility index (Phi) is 5.46. The van der Waals surface area contributed by atoms with E-state index in [1.807, 2.05) is 24.3 Å². The number of aryl methyl sites for hydroxylation is 1. The minimum Gasteiger partial charge on any atom is -0.462 e. The minimum atomic E-state index is -0.352. The molecular weight excluding hydrogens is 354 g/mol. The lowest BCUT2D eigenvalue weighted by Gasteiger charge is -1.97.